The Balaban J connectivity index is 2.96. The van der Waals surface area contributed by atoms with Crippen molar-refractivity contribution in [2.24, 2.45) is 5.14 Å². The molecular formula is C9H13NO4S. The maximum absolute atomic E-state index is 10.5. The quantitative estimate of drug-likeness (QED) is 0.624. The summed E-state index contributed by atoms with van der Waals surface area (Å²) >= 11 is 0. The van der Waals surface area contributed by atoms with Crippen LogP contribution in [0.4, 0.5) is 0 Å². The predicted molar refractivity (Wildman–Crippen MR) is 55.5 cm³/mol. The minimum atomic E-state index is -4.09. The highest BCUT2D eigenvalue weighted by molar-refractivity contribution is 7.84. The highest BCUT2D eigenvalue weighted by atomic mass is 32.2. The van der Waals surface area contributed by atoms with E-state index in [2.05, 4.69) is 14.4 Å². The fourth-order valence-corrected chi connectivity index (χ4v) is 1.54. The van der Waals surface area contributed by atoms with Gasteiger partial charge in [0.2, 0.25) is 0 Å². The fraction of sp³-hybridized carbons (Fsp3) is 0.333. The summed E-state index contributed by atoms with van der Waals surface area (Å²) in [6.07, 6.45) is 0. The van der Waals surface area contributed by atoms with Gasteiger partial charge in [-0.1, -0.05) is 17.7 Å². The Morgan fingerprint density at radius 1 is 1.13 bits per heavy atom. The molecule has 0 saturated carbocycles. The predicted octanol–water partition coefficient (Wildman–Crippen LogP) is 1.13. The Labute approximate surface area is 89.0 Å². The van der Waals surface area contributed by atoms with Crippen LogP contribution in [0.3, 0.4) is 0 Å². The third-order valence-corrected chi connectivity index (χ3v) is 2.07. The zero-order valence-corrected chi connectivity index (χ0v) is 9.59. The molecule has 0 atom stereocenters. The smallest absolute Gasteiger partial charge is 0.319 e. The number of hydrogen-bond donors (Lipinski definition) is 1. The lowest BCUT2D eigenvalue weighted by Crippen LogP contribution is -2.18. The Morgan fingerprint density at radius 2 is 1.60 bits per heavy atom. The van der Waals surface area contributed by atoms with E-state index in [-0.39, 0.29) is 0 Å². The summed E-state index contributed by atoms with van der Waals surface area (Å²) in [6, 6.07) is 3.71. The molecule has 0 heterocycles. The molecule has 1 rings (SSSR count). The first-order chi connectivity index (χ1) is 6.79. The number of benzene rings is 1. The van der Waals surface area contributed by atoms with Crippen LogP contribution in [0.2, 0.25) is 0 Å². The summed E-state index contributed by atoms with van der Waals surface area (Å²) < 4.78 is 25.1. The van der Waals surface area contributed by atoms with E-state index in [0.29, 0.717) is 5.75 Å². The average Bonchev–Trinajstić information content (AvgIpc) is 1.99. The van der Waals surface area contributed by atoms with Gasteiger partial charge in [-0.15, -0.1) is 0 Å². The normalized spacial score (nSPS) is 11.5. The molecule has 0 amide bonds. The van der Waals surface area contributed by atoms with Gasteiger partial charge in [-0.25, -0.2) is 5.14 Å². The van der Waals surface area contributed by atoms with E-state index in [1.807, 2.05) is 19.1 Å². The third kappa shape index (κ3) is 3.50. The molecule has 0 aromatic heterocycles. The lowest BCUT2D eigenvalue weighted by atomic mass is 10.1. The van der Waals surface area contributed by atoms with Crippen LogP contribution in [-0.2, 0) is 14.6 Å². The zero-order valence-electron chi connectivity index (χ0n) is 8.77. The van der Waals surface area contributed by atoms with Gasteiger partial charge in [-0.2, -0.15) is 8.42 Å². The third-order valence-electron chi connectivity index (χ3n) is 1.82. The molecule has 0 fully saturated rings. The lowest BCUT2D eigenvalue weighted by Gasteiger charge is -2.09. The minimum absolute atomic E-state index is 0.370. The van der Waals surface area contributed by atoms with Crippen LogP contribution >= 0.6 is 0 Å². The number of hydrogen-bond acceptors (Lipinski definition) is 4. The summed E-state index contributed by atoms with van der Waals surface area (Å²) in [5, 5.41) is 4.64. The van der Waals surface area contributed by atoms with Crippen molar-refractivity contribution in [3.8, 4) is 5.75 Å². The molecule has 0 aliphatic carbocycles. The maximum Gasteiger partial charge on any atom is 0.368 e. The van der Waals surface area contributed by atoms with E-state index in [9.17, 15) is 8.42 Å². The van der Waals surface area contributed by atoms with Crippen molar-refractivity contribution in [1.82, 2.24) is 0 Å². The topological polar surface area (TPSA) is 78.6 Å². The first kappa shape index (κ1) is 12.0. The lowest BCUT2D eigenvalue weighted by molar-refractivity contribution is -0.0937. The fourth-order valence-electron chi connectivity index (χ4n) is 1.38. The molecule has 1 aromatic rings. The van der Waals surface area contributed by atoms with Gasteiger partial charge in [0.15, 0.2) is 5.75 Å². The number of rotatable bonds is 3. The Bertz CT molecular complexity index is 444. The first-order valence-corrected chi connectivity index (χ1v) is 5.73. The molecule has 84 valence electrons. The standard InChI is InChI=1S/C9H13NO4S/c1-6-4-7(2)9(8(3)5-6)13-14-15(10,11)12/h4-5H,1-3H3,(H2,10,11,12). The average molecular weight is 231 g/mol. The van der Waals surface area contributed by atoms with Crippen LogP contribution in [0.15, 0.2) is 12.1 Å². The minimum Gasteiger partial charge on any atom is -0.319 e. The van der Waals surface area contributed by atoms with E-state index in [0.717, 1.165) is 16.7 Å². The van der Waals surface area contributed by atoms with Crippen LogP contribution < -0.4 is 10.0 Å². The molecule has 0 aliphatic rings. The van der Waals surface area contributed by atoms with Crippen molar-refractivity contribution >= 4 is 10.3 Å². The largest absolute Gasteiger partial charge is 0.368 e. The van der Waals surface area contributed by atoms with Gasteiger partial charge in [0.25, 0.3) is 0 Å². The van der Waals surface area contributed by atoms with Crippen LogP contribution in [-0.4, -0.2) is 8.42 Å². The first-order valence-electron chi connectivity index (χ1n) is 4.26. The second-order valence-electron chi connectivity index (χ2n) is 3.37. The number of aryl methyl sites for hydroxylation is 3. The maximum atomic E-state index is 10.5. The van der Waals surface area contributed by atoms with Crippen LogP contribution in [0.1, 0.15) is 16.7 Å². The SMILES string of the molecule is Cc1cc(C)c(OOS(N)(=O)=O)c(C)c1. The van der Waals surface area contributed by atoms with Crippen LogP contribution in [0.5, 0.6) is 5.75 Å². The van der Waals surface area contributed by atoms with E-state index in [1.165, 1.54) is 0 Å². The van der Waals surface area contributed by atoms with Crippen molar-refractivity contribution in [2.45, 2.75) is 20.8 Å². The Kier molecular flexibility index (Phi) is 3.33. The van der Waals surface area contributed by atoms with Crippen molar-refractivity contribution in [2.75, 3.05) is 0 Å². The van der Waals surface area contributed by atoms with E-state index in [1.54, 1.807) is 13.8 Å². The molecule has 2 N–H and O–H groups in total. The number of nitrogens with two attached hydrogens (primary N) is 1. The summed E-state index contributed by atoms with van der Waals surface area (Å²) in [4.78, 5) is 4.67. The highest BCUT2D eigenvalue weighted by Crippen LogP contribution is 2.24. The Morgan fingerprint density at radius 3 is 2.00 bits per heavy atom. The summed E-state index contributed by atoms with van der Waals surface area (Å²) in [5.41, 5.74) is 2.64. The molecule has 0 spiro atoms. The summed E-state index contributed by atoms with van der Waals surface area (Å²) in [5.74, 6) is 0.370. The van der Waals surface area contributed by atoms with Gasteiger partial charge in [-0.3, -0.25) is 0 Å². The van der Waals surface area contributed by atoms with Gasteiger partial charge in [0.1, 0.15) is 0 Å². The molecule has 5 nitrogen and oxygen atoms in total. The van der Waals surface area contributed by atoms with Gasteiger partial charge in [0.05, 0.1) is 0 Å². The van der Waals surface area contributed by atoms with Crippen molar-refractivity contribution in [3.05, 3.63) is 28.8 Å². The van der Waals surface area contributed by atoms with E-state index in [4.69, 9.17) is 0 Å². The van der Waals surface area contributed by atoms with E-state index >= 15 is 0 Å². The molecule has 0 saturated heterocycles. The second-order valence-corrected chi connectivity index (χ2v) is 4.49. The second kappa shape index (κ2) is 4.18. The van der Waals surface area contributed by atoms with Gasteiger partial charge < -0.3 is 4.89 Å². The molecule has 0 bridgehead atoms. The monoisotopic (exact) mass is 231 g/mol. The molecule has 0 aliphatic heterocycles. The van der Waals surface area contributed by atoms with E-state index < -0.39 is 10.3 Å². The highest BCUT2D eigenvalue weighted by Gasteiger charge is 2.10. The van der Waals surface area contributed by atoms with Crippen molar-refractivity contribution < 1.29 is 17.6 Å². The molecule has 0 radical (unpaired) electrons. The Hall–Kier alpha value is -1.11. The van der Waals surface area contributed by atoms with Crippen LogP contribution in [0, 0.1) is 20.8 Å². The molecular weight excluding hydrogens is 218 g/mol. The van der Waals surface area contributed by atoms with Crippen LogP contribution in [0.25, 0.3) is 0 Å². The molecule has 1 aromatic carbocycles. The van der Waals surface area contributed by atoms with Gasteiger partial charge in [0, 0.05) is 0 Å². The van der Waals surface area contributed by atoms with Crippen molar-refractivity contribution in [1.29, 1.82) is 0 Å². The molecule has 0 unspecified atom stereocenters. The zero-order chi connectivity index (χ0) is 11.6. The van der Waals surface area contributed by atoms with Crippen molar-refractivity contribution in [3.63, 3.8) is 0 Å². The molecule has 15 heavy (non-hydrogen) atoms. The summed E-state index contributed by atoms with van der Waals surface area (Å²) in [7, 11) is -4.09. The summed E-state index contributed by atoms with van der Waals surface area (Å²) in [6.45, 7) is 5.52. The van der Waals surface area contributed by atoms with Gasteiger partial charge >= 0.3 is 10.3 Å². The van der Waals surface area contributed by atoms with Gasteiger partial charge in [-0.05, 0) is 36.2 Å². The molecule has 6 heteroatoms.